The number of carbonyl (C=O) groups excluding carboxylic acids is 2. The molecule has 4 rings (SSSR count). The summed E-state index contributed by atoms with van der Waals surface area (Å²) in [7, 11) is 0. The molecular formula is C22H19FN4O2. The van der Waals surface area contributed by atoms with Gasteiger partial charge in [-0.15, -0.1) is 0 Å². The van der Waals surface area contributed by atoms with Crippen molar-refractivity contribution in [2.75, 3.05) is 22.1 Å². The van der Waals surface area contributed by atoms with Crippen molar-refractivity contribution in [2.45, 2.75) is 6.04 Å². The van der Waals surface area contributed by atoms with E-state index in [0.717, 1.165) is 11.4 Å². The molecule has 1 aliphatic heterocycles. The van der Waals surface area contributed by atoms with E-state index in [1.165, 1.54) is 18.2 Å². The number of rotatable bonds is 3. The van der Waals surface area contributed by atoms with Gasteiger partial charge < -0.3 is 20.9 Å². The SMILES string of the molecule is O=C(Nc1cccc(F)c1)NC1CN(c2ccccc2)c2ccccc2NC1=O. The number of amides is 3. The maximum atomic E-state index is 13.3. The fourth-order valence-electron chi connectivity index (χ4n) is 3.25. The van der Waals surface area contributed by atoms with Crippen LogP contribution in [0.25, 0.3) is 0 Å². The summed E-state index contributed by atoms with van der Waals surface area (Å²) in [6.07, 6.45) is 0. The van der Waals surface area contributed by atoms with Gasteiger partial charge in [-0.3, -0.25) is 4.79 Å². The van der Waals surface area contributed by atoms with E-state index in [0.29, 0.717) is 11.4 Å². The standard InChI is InChI=1S/C22H19FN4O2/c23-15-7-6-8-16(13-15)24-22(29)26-19-14-27(17-9-2-1-3-10-17)20-12-5-4-11-18(20)25-21(19)28/h1-13,19H,14H2,(H,25,28)(H2,24,26,29). The van der Waals surface area contributed by atoms with Gasteiger partial charge in [0.05, 0.1) is 17.9 Å². The van der Waals surface area contributed by atoms with Crippen LogP contribution in [0.15, 0.2) is 78.9 Å². The Labute approximate surface area is 167 Å². The van der Waals surface area contributed by atoms with Gasteiger partial charge in [0.1, 0.15) is 11.9 Å². The van der Waals surface area contributed by atoms with Gasteiger partial charge in [0.25, 0.3) is 0 Å². The fraction of sp³-hybridized carbons (Fsp3) is 0.0909. The predicted octanol–water partition coefficient (Wildman–Crippen LogP) is 4.11. The molecule has 3 N–H and O–H groups in total. The molecule has 3 amide bonds. The first-order chi connectivity index (χ1) is 14.1. The number of benzene rings is 3. The molecule has 0 aromatic heterocycles. The van der Waals surface area contributed by atoms with Gasteiger partial charge in [-0.1, -0.05) is 36.4 Å². The molecule has 3 aromatic carbocycles. The van der Waals surface area contributed by atoms with Crippen molar-refractivity contribution in [1.29, 1.82) is 0 Å². The second-order valence-corrected chi connectivity index (χ2v) is 6.61. The molecule has 0 spiro atoms. The van der Waals surface area contributed by atoms with Crippen molar-refractivity contribution in [3.63, 3.8) is 0 Å². The van der Waals surface area contributed by atoms with Crippen LogP contribution in [0.3, 0.4) is 0 Å². The Kier molecular flexibility index (Phi) is 5.11. The minimum absolute atomic E-state index is 0.240. The van der Waals surface area contributed by atoms with Crippen LogP contribution in [0.1, 0.15) is 0 Å². The Balaban J connectivity index is 1.58. The minimum Gasteiger partial charge on any atom is -0.337 e. The van der Waals surface area contributed by atoms with Gasteiger partial charge in [-0.05, 0) is 42.5 Å². The second kappa shape index (κ2) is 8.02. The molecule has 29 heavy (non-hydrogen) atoms. The summed E-state index contributed by atoms with van der Waals surface area (Å²) in [6.45, 7) is 0.240. The number of para-hydroxylation sites is 3. The third kappa shape index (κ3) is 4.19. The van der Waals surface area contributed by atoms with Gasteiger partial charge in [0.2, 0.25) is 5.91 Å². The number of hydrogen-bond acceptors (Lipinski definition) is 3. The lowest BCUT2D eigenvalue weighted by atomic mass is 10.2. The van der Waals surface area contributed by atoms with Crippen molar-refractivity contribution in [2.24, 2.45) is 0 Å². The molecule has 0 saturated heterocycles. The second-order valence-electron chi connectivity index (χ2n) is 6.61. The van der Waals surface area contributed by atoms with Crippen LogP contribution in [0.5, 0.6) is 0 Å². The number of carbonyl (C=O) groups is 2. The van der Waals surface area contributed by atoms with Crippen LogP contribution in [0, 0.1) is 5.82 Å². The summed E-state index contributed by atoms with van der Waals surface area (Å²) in [5.74, 6) is -0.786. The van der Waals surface area contributed by atoms with E-state index in [4.69, 9.17) is 0 Å². The highest BCUT2D eigenvalue weighted by Crippen LogP contribution is 2.34. The van der Waals surface area contributed by atoms with Crippen LogP contribution in [-0.4, -0.2) is 24.5 Å². The van der Waals surface area contributed by atoms with E-state index in [-0.39, 0.29) is 12.5 Å². The quantitative estimate of drug-likeness (QED) is 0.630. The average Bonchev–Trinajstić information content (AvgIpc) is 2.85. The Bertz CT molecular complexity index is 1040. The normalized spacial score (nSPS) is 15.7. The summed E-state index contributed by atoms with van der Waals surface area (Å²) in [4.78, 5) is 27.2. The van der Waals surface area contributed by atoms with Crippen molar-refractivity contribution in [1.82, 2.24) is 5.32 Å². The molecule has 3 aromatic rings. The smallest absolute Gasteiger partial charge is 0.319 e. The van der Waals surface area contributed by atoms with Crippen molar-refractivity contribution in [3.8, 4) is 0 Å². The monoisotopic (exact) mass is 390 g/mol. The van der Waals surface area contributed by atoms with Crippen LogP contribution in [0.2, 0.25) is 0 Å². The van der Waals surface area contributed by atoms with Crippen LogP contribution in [-0.2, 0) is 4.79 Å². The molecular weight excluding hydrogens is 371 g/mol. The van der Waals surface area contributed by atoms with E-state index >= 15 is 0 Å². The van der Waals surface area contributed by atoms with E-state index in [1.54, 1.807) is 6.07 Å². The first-order valence-corrected chi connectivity index (χ1v) is 9.16. The number of nitrogens with zero attached hydrogens (tertiary/aromatic N) is 1. The van der Waals surface area contributed by atoms with E-state index in [2.05, 4.69) is 16.0 Å². The Morgan fingerprint density at radius 1 is 1.00 bits per heavy atom. The molecule has 146 valence electrons. The Hall–Kier alpha value is -3.87. The zero-order valence-electron chi connectivity index (χ0n) is 15.4. The third-order valence-electron chi connectivity index (χ3n) is 4.59. The Morgan fingerprint density at radius 2 is 1.76 bits per heavy atom. The number of hydrogen-bond donors (Lipinski definition) is 3. The van der Waals surface area contributed by atoms with Gasteiger partial charge in [0, 0.05) is 11.4 Å². The van der Waals surface area contributed by atoms with Crippen molar-refractivity contribution < 1.29 is 14.0 Å². The zero-order valence-corrected chi connectivity index (χ0v) is 15.4. The van der Waals surface area contributed by atoms with Crippen LogP contribution < -0.4 is 20.9 Å². The lowest BCUT2D eigenvalue weighted by Crippen LogP contribution is -2.49. The summed E-state index contributed by atoms with van der Waals surface area (Å²) in [6, 6.07) is 21.2. The van der Waals surface area contributed by atoms with E-state index in [1.807, 2.05) is 59.5 Å². The number of halogens is 1. The lowest BCUT2D eigenvalue weighted by molar-refractivity contribution is -0.117. The predicted molar refractivity (Wildman–Crippen MR) is 111 cm³/mol. The molecule has 0 aliphatic carbocycles. The maximum Gasteiger partial charge on any atom is 0.319 e. The number of nitrogens with one attached hydrogen (secondary N) is 3. The van der Waals surface area contributed by atoms with E-state index in [9.17, 15) is 14.0 Å². The third-order valence-corrected chi connectivity index (χ3v) is 4.59. The number of anilines is 4. The van der Waals surface area contributed by atoms with Gasteiger partial charge >= 0.3 is 6.03 Å². The summed E-state index contributed by atoms with van der Waals surface area (Å²) in [5.41, 5.74) is 2.70. The first kappa shape index (κ1) is 18.5. The highest BCUT2D eigenvalue weighted by atomic mass is 19.1. The average molecular weight is 390 g/mol. The largest absolute Gasteiger partial charge is 0.337 e. The Morgan fingerprint density at radius 3 is 2.55 bits per heavy atom. The number of fused-ring (bicyclic) bond motifs is 1. The first-order valence-electron chi connectivity index (χ1n) is 9.16. The zero-order chi connectivity index (χ0) is 20.2. The molecule has 6 nitrogen and oxygen atoms in total. The van der Waals surface area contributed by atoms with Gasteiger partial charge in [0.15, 0.2) is 0 Å². The maximum absolute atomic E-state index is 13.3. The molecule has 7 heteroatoms. The molecule has 0 radical (unpaired) electrons. The molecule has 1 heterocycles. The van der Waals surface area contributed by atoms with Gasteiger partial charge in [-0.25, -0.2) is 9.18 Å². The summed E-state index contributed by atoms with van der Waals surface area (Å²) in [5, 5.41) is 8.11. The molecule has 0 bridgehead atoms. The molecule has 1 unspecified atom stereocenters. The summed E-state index contributed by atoms with van der Waals surface area (Å²) >= 11 is 0. The minimum atomic E-state index is -0.823. The highest BCUT2D eigenvalue weighted by Gasteiger charge is 2.29. The number of urea groups is 1. The van der Waals surface area contributed by atoms with Crippen molar-refractivity contribution in [3.05, 3.63) is 84.7 Å². The molecule has 1 aliphatic rings. The topological polar surface area (TPSA) is 73.5 Å². The molecule has 0 saturated carbocycles. The fourth-order valence-corrected chi connectivity index (χ4v) is 3.25. The highest BCUT2D eigenvalue weighted by molar-refractivity contribution is 6.03. The molecule has 1 atom stereocenters. The van der Waals surface area contributed by atoms with E-state index < -0.39 is 17.9 Å². The van der Waals surface area contributed by atoms with Gasteiger partial charge in [-0.2, -0.15) is 0 Å². The lowest BCUT2D eigenvalue weighted by Gasteiger charge is -2.27. The molecule has 0 fully saturated rings. The van der Waals surface area contributed by atoms with Crippen molar-refractivity contribution >= 4 is 34.7 Å². The van der Waals surface area contributed by atoms with Crippen LogP contribution >= 0.6 is 0 Å². The summed E-state index contributed by atoms with van der Waals surface area (Å²) < 4.78 is 13.3. The van der Waals surface area contributed by atoms with Crippen LogP contribution in [0.4, 0.5) is 31.9 Å².